The van der Waals surface area contributed by atoms with E-state index in [2.05, 4.69) is 29.4 Å². The second-order valence-electron chi connectivity index (χ2n) is 1.84. The zero-order chi connectivity index (χ0) is 7.56. The minimum absolute atomic E-state index is 0.0335. The van der Waals surface area contributed by atoms with Gasteiger partial charge < -0.3 is 0 Å². The third kappa shape index (κ3) is 1.58. The van der Waals surface area contributed by atoms with Crippen LogP contribution in [-0.4, -0.2) is 10.2 Å². The van der Waals surface area contributed by atoms with Crippen LogP contribution >= 0.6 is 24.0 Å². The molecule has 1 heterocycles. The highest BCUT2D eigenvalue weighted by Gasteiger charge is 2.05. The van der Waals surface area contributed by atoms with Gasteiger partial charge in [0.1, 0.15) is 10.0 Å². The van der Waals surface area contributed by atoms with Gasteiger partial charge in [0.25, 0.3) is 0 Å². The highest BCUT2D eigenvalue weighted by Crippen LogP contribution is 2.23. The van der Waals surface area contributed by atoms with Crippen molar-refractivity contribution >= 4 is 24.0 Å². The van der Waals surface area contributed by atoms with Crippen molar-refractivity contribution in [2.75, 3.05) is 0 Å². The average molecular weight is 172 g/mol. The van der Waals surface area contributed by atoms with Crippen LogP contribution in [0.1, 0.15) is 15.3 Å². The fraction of sp³-hybridized carbons (Fsp3) is 0.333. The lowest BCUT2D eigenvalue weighted by Crippen LogP contribution is -1.82. The van der Waals surface area contributed by atoms with Crippen molar-refractivity contribution < 1.29 is 0 Å². The van der Waals surface area contributed by atoms with Crippen molar-refractivity contribution in [1.82, 2.24) is 10.2 Å². The van der Waals surface area contributed by atoms with Crippen molar-refractivity contribution in [1.29, 1.82) is 0 Å². The molecule has 4 heteroatoms. The highest BCUT2D eigenvalue weighted by molar-refractivity contribution is 7.80. The Balaban J connectivity index is 2.84. The van der Waals surface area contributed by atoms with Gasteiger partial charge in [0.15, 0.2) is 0 Å². The van der Waals surface area contributed by atoms with Crippen LogP contribution in [0.5, 0.6) is 0 Å². The number of nitrogens with zero attached hydrogens (tertiary/aromatic N) is 2. The maximum atomic E-state index is 4.22. The minimum atomic E-state index is 0.0335. The van der Waals surface area contributed by atoms with Crippen LogP contribution in [0.15, 0.2) is 12.7 Å². The number of hydrogen-bond donors (Lipinski definition) is 1. The lowest BCUT2D eigenvalue weighted by atomic mass is 10.4. The first-order valence-corrected chi connectivity index (χ1v) is 4.18. The van der Waals surface area contributed by atoms with E-state index in [0.717, 1.165) is 10.0 Å². The standard InChI is InChI=1S/C6H8N2S2/c1-3-5(9)6-8-7-4(2)10-6/h3,5,9H,1H2,2H3. The Morgan fingerprint density at radius 3 is 2.80 bits per heavy atom. The summed E-state index contributed by atoms with van der Waals surface area (Å²) < 4.78 is 0. The molecule has 1 unspecified atom stereocenters. The van der Waals surface area contributed by atoms with Crippen LogP contribution in [0.2, 0.25) is 0 Å². The van der Waals surface area contributed by atoms with E-state index >= 15 is 0 Å². The number of aromatic nitrogens is 2. The number of hydrogen-bond acceptors (Lipinski definition) is 4. The van der Waals surface area contributed by atoms with Gasteiger partial charge in [0, 0.05) is 0 Å². The number of aryl methyl sites for hydroxylation is 1. The molecule has 0 fully saturated rings. The molecule has 10 heavy (non-hydrogen) atoms. The Kier molecular flexibility index (Phi) is 2.45. The molecule has 0 N–H and O–H groups in total. The van der Waals surface area contributed by atoms with Crippen LogP contribution in [-0.2, 0) is 0 Å². The molecular weight excluding hydrogens is 164 g/mol. The van der Waals surface area contributed by atoms with Crippen LogP contribution in [0.4, 0.5) is 0 Å². The van der Waals surface area contributed by atoms with Gasteiger partial charge in [-0.2, -0.15) is 12.6 Å². The summed E-state index contributed by atoms with van der Waals surface area (Å²) in [6.45, 7) is 5.53. The molecule has 0 aromatic carbocycles. The molecule has 54 valence electrons. The van der Waals surface area contributed by atoms with Gasteiger partial charge in [-0.1, -0.05) is 6.08 Å². The molecule has 0 aliphatic heterocycles. The Morgan fingerprint density at radius 1 is 1.70 bits per heavy atom. The normalized spacial score (nSPS) is 13.0. The largest absolute Gasteiger partial charge is 0.164 e. The van der Waals surface area contributed by atoms with E-state index in [0.29, 0.717) is 0 Å². The number of thiol groups is 1. The molecule has 1 atom stereocenters. The lowest BCUT2D eigenvalue weighted by molar-refractivity contribution is 0.987. The fourth-order valence-corrected chi connectivity index (χ4v) is 1.42. The zero-order valence-electron chi connectivity index (χ0n) is 5.61. The summed E-state index contributed by atoms with van der Waals surface area (Å²) in [5, 5.41) is 9.68. The summed E-state index contributed by atoms with van der Waals surface area (Å²) in [5.41, 5.74) is 0. The van der Waals surface area contributed by atoms with Crippen LogP contribution in [0.25, 0.3) is 0 Å². The molecule has 0 radical (unpaired) electrons. The van der Waals surface area contributed by atoms with E-state index in [1.165, 1.54) is 0 Å². The summed E-state index contributed by atoms with van der Waals surface area (Å²) in [5.74, 6) is 0. The summed E-state index contributed by atoms with van der Waals surface area (Å²) in [4.78, 5) is 0. The molecule has 0 saturated carbocycles. The van der Waals surface area contributed by atoms with E-state index < -0.39 is 0 Å². The minimum Gasteiger partial charge on any atom is -0.164 e. The Hall–Kier alpha value is -0.350. The molecule has 2 nitrogen and oxygen atoms in total. The Bertz CT molecular complexity index is 231. The molecule has 0 bridgehead atoms. The molecule has 0 amide bonds. The van der Waals surface area contributed by atoms with E-state index in [1.807, 2.05) is 6.92 Å². The molecule has 1 aromatic heterocycles. The second-order valence-corrected chi connectivity index (χ2v) is 3.61. The SMILES string of the molecule is C=CC(S)c1nnc(C)s1. The van der Waals surface area contributed by atoms with Crippen molar-refractivity contribution in [3.63, 3.8) is 0 Å². The monoisotopic (exact) mass is 172 g/mol. The van der Waals surface area contributed by atoms with Gasteiger partial charge in [-0.05, 0) is 6.92 Å². The molecule has 1 aromatic rings. The van der Waals surface area contributed by atoms with Crippen LogP contribution < -0.4 is 0 Å². The van der Waals surface area contributed by atoms with Crippen LogP contribution in [0, 0.1) is 6.92 Å². The van der Waals surface area contributed by atoms with E-state index in [9.17, 15) is 0 Å². The quantitative estimate of drug-likeness (QED) is 0.545. The summed E-state index contributed by atoms with van der Waals surface area (Å²) in [6.07, 6.45) is 1.74. The van der Waals surface area contributed by atoms with Gasteiger partial charge in [-0.25, -0.2) is 0 Å². The highest BCUT2D eigenvalue weighted by atomic mass is 32.1. The first-order chi connectivity index (χ1) is 4.74. The predicted molar refractivity (Wildman–Crippen MR) is 46.6 cm³/mol. The maximum absolute atomic E-state index is 4.22. The van der Waals surface area contributed by atoms with Gasteiger partial charge in [-0.3, -0.25) is 0 Å². The van der Waals surface area contributed by atoms with Gasteiger partial charge in [0.2, 0.25) is 0 Å². The average Bonchev–Trinajstić information content (AvgIpc) is 2.34. The third-order valence-electron chi connectivity index (χ3n) is 1.02. The second kappa shape index (κ2) is 3.16. The van der Waals surface area contributed by atoms with Crippen molar-refractivity contribution in [2.45, 2.75) is 12.2 Å². The smallest absolute Gasteiger partial charge is 0.134 e. The summed E-state index contributed by atoms with van der Waals surface area (Å²) >= 11 is 5.77. The molecule has 1 rings (SSSR count). The zero-order valence-corrected chi connectivity index (χ0v) is 7.32. The summed E-state index contributed by atoms with van der Waals surface area (Å²) in [6, 6.07) is 0. The van der Waals surface area contributed by atoms with Gasteiger partial charge in [0.05, 0.1) is 5.25 Å². The summed E-state index contributed by atoms with van der Waals surface area (Å²) in [7, 11) is 0. The van der Waals surface area contributed by atoms with Gasteiger partial charge >= 0.3 is 0 Å². The first kappa shape index (κ1) is 7.75. The first-order valence-electron chi connectivity index (χ1n) is 2.84. The fourth-order valence-electron chi connectivity index (χ4n) is 0.532. The molecular formula is C6H8N2S2. The van der Waals surface area contributed by atoms with Crippen LogP contribution in [0.3, 0.4) is 0 Å². The molecule has 0 aliphatic rings. The van der Waals surface area contributed by atoms with E-state index in [4.69, 9.17) is 0 Å². The lowest BCUT2D eigenvalue weighted by Gasteiger charge is -1.94. The van der Waals surface area contributed by atoms with Crippen molar-refractivity contribution in [2.24, 2.45) is 0 Å². The van der Waals surface area contributed by atoms with E-state index in [-0.39, 0.29) is 5.25 Å². The third-order valence-corrected chi connectivity index (χ3v) is 2.57. The molecule has 0 spiro atoms. The van der Waals surface area contributed by atoms with Gasteiger partial charge in [-0.15, -0.1) is 28.1 Å². The number of rotatable bonds is 2. The Labute approximate surface area is 69.4 Å². The van der Waals surface area contributed by atoms with Crippen molar-refractivity contribution in [3.05, 3.63) is 22.7 Å². The van der Waals surface area contributed by atoms with Crippen molar-refractivity contribution in [3.8, 4) is 0 Å². The maximum Gasteiger partial charge on any atom is 0.134 e. The predicted octanol–water partition coefficient (Wildman–Crippen LogP) is 2.00. The topological polar surface area (TPSA) is 25.8 Å². The van der Waals surface area contributed by atoms with E-state index in [1.54, 1.807) is 17.4 Å². The molecule has 0 aliphatic carbocycles. The Morgan fingerprint density at radius 2 is 2.40 bits per heavy atom. The molecule has 0 saturated heterocycles.